The third-order valence-corrected chi connectivity index (χ3v) is 6.82. The van der Waals surface area contributed by atoms with Crippen molar-refractivity contribution in [2.24, 2.45) is 0 Å². The van der Waals surface area contributed by atoms with Crippen LogP contribution in [0.4, 0.5) is 0 Å². The molecule has 2 aliphatic rings. The first-order chi connectivity index (χ1) is 16.8. The zero-order valence-corrected chi connectivity index (χ0v) is 21.6. The Balaban J connectivity index is 1.91. The zero-order valence-electron chi connectivity index (χ0n) is 21.6. The maximum Gasteiger partial charge on any atom is 0.202 e. The van der Waals surface area contributed by atoms with E-state index >= 15 is 0 Å². The molecule has 1 spiro atoms. The fourth-order valence-electron chi connectivity index (χ4n) is 5.37. The zero-order chi connectivity index (χ0) is 25.2. The molecule has 190 valence electrons. The Bertz CT molecular complexity index is 1050. The summed E-state index contributed by atoms with van der Waals surface area (Å²) in [4.78, 5) is 14.6. The molecule has 0 bridgehead atoms. The number of ketones is 1. The maximum absolute atomic E-state index is 14.6. The summed E-state index contributed by atoms with van der Waals surface area (Å²) in [5.41, 5.74) is -1.04. The SMILES string of the molecule is COc1cc(C(=O)C2(OC)C(OC(C)C)c3ccccc3OC23CCNCC3)ccc1OC(C)C. The average Bonchev–Trinajstić information content (AvgIpc) is 2.84. The molecule has 0 amide bonds. The molecule has 2 unspecified atom stereocenters. The topological polar surface area (TPSA) is 75.3 Å². The summed E-state index contributed by atoms with van der Waals surface area (Å²) in [7, 11) is 3.16. The predicted octanol–water partition coefficient (Wildman–Crippen LogP) is 4.73. The average molecular weight is 484 g/mol. The molecule has 0 saturated carbocycles. The molecule has 2 atom stereocenters. The van der Waals surface area contributed by atoms with E-state index in [1.165, 1.54) is 0 Å². The van der Waals surface area contributed by atoms with Crippen LogP contribution >= 0.6 is 0 Å². The van der Waals surface area contributed by atoms with Crippen molar-refractivity contribution in [3.05, 3.63) is 53.6 Å². The number of methoxy groups -OCH3 is 2. The molecule has 1 N–H and O–H groups in total. The van der Waals surface area contributed by atoms with E-state index in [0.29, 0.717) is 43.0 Å². The Morgan fingerprint density at radius 3 is 2.34 bits per heavy atom. The van der Waals surface area contributed by atoms with E-state index < -0.39 is 17.3 Å². The van der Waals surface area contributed by atoms with Gasteiger partial charge in [-0.15, -0.1) is 0 Å². The predicted molar refractivity (Wildman–Crippen MR) is 134 cm³/mol. The van der Waals surface area contributed by atoms with Crippen LogP contribution in [-0.4, -0.2) is 56.5 Å². The molecular weight excluding hydrogens is 446 g/mol. The highest BCUT2D eigenvalue weighted by molar-refractivity contribution is 6.05. The highest BCUT2D eigenvalue weighted by Crippen LogP contribution is 2.55. The van der Waals surface area contributed by atoms with Crippen LogP contribution in [0.2, 0.25) is 0 Å². The number of para-hydroxylation sites is 1. The molecule has 4 rings (SSSR count). The fraction of sp³-hybridized carbons (Fsp3) is 0.536. The normalized spacial score (nSPS) is 23.1. The number of carbonyl (C=O) groups excluding carboxylic acids is 1. The molecular formula is C28H37NO6. The van der Waals surface area contributed by atoms with E-state index in [9.17, 15) is 4.79 Å². The summed E-state index contributed by atoms with van der Waals surface area (Å²) in [6.45, 7) is 9.26. The molecule has 0 aromatic heterocycles. The molecule has 2 heterocycles. The monoisotopic (exact) mass is 483 g/mol. The van der Waals surface area contributed by atoms with Crippen molar-refractivity contribution in [2.75, 3.05) is 27.3 Å². The largest absolute Gasteiger partial charge is 0.493 e. The lowest BCUT2D eigenvalue weighted by Gasteiger charge is -2.56. The number of rotatable bonds is 8. The molecule has 35 heavy (non-hydrogen) atoms. The molecule has 1 fully saturated rings. The lowest BCUT2D eigenvalue weighted by atomic mass is 9.65. The van der Waals surface area contributed by atoms with Gasteiger partial charge in [-0.05, 0) is 65.0 Å². The summed E-state index contributed by atoms with van der Waals surface area (Å²) in [6.07, 6.45) is 0.389. The van der Waals surface area contributed by atoms with Gasteiger partial charge in [0.2, 0.25) is 11.4 Å². The number of hydrogen-bond acceptors (Lipinski definition) is 7. The van der Waals surface area contributed by atoms with E-state index in [-0.39, 0.29) is 18.0 Å². The quantitative estimate of drug-likeness (QED) is 0.544. The first-order valence-electron chi connectivity index (χ1n) is 12.4. The van der Waals surface area contributed by atoms with Crippen LogP contribution in [0.15, 0.2) is 42.5 Å². The van der Waals surface area contributed by atoms with Gasteiger partial charge < -0.3 is 29.0 Å². The van der Waals surface area contributed by atoms with Crippen molar-refractivity contribution in [3.8, 4) is 17.2 Å². The van der Waals surface area contributed by atoms with Crippen LogP contribution < -0.4 is 19.5 Å². The first kappa shape index (κ1) is 25.5. The third kappa shape index (κ3) is 4.41. The molecule has 7 nitrogen and oxygen atoms in total. The lowest BCUT2D eigenvalue weighted by molar-refractivity contribution is -0.222. The second kappa shape index (κ2) is 10.2. The van der Waals surface area contributed by atoms with Gasteiger partial charge in [0.05, 0.1) is 19.3 Å². The number of piperidine rings is 1. The van der Waals surface area contributed by atoms with Crippen molar-refractivity contribution >= 4 is 5.78 Å². The Morgan fingerprint density at radius 1 is 1.00 bits per heavy atom. The number of nitrogens with one attached hydrogen (secondary N) is 1. The van der Waals surface area contributed by atoms with E-state index in [0.717, 1.165) is 11.3 Å². The van der Waals surface area contributed by atoms with Crippen molar-refractivity contribution in [2.45, 2.75) is 70.1 Å². The summed E-state index contributed by atoms with van der Waals surface area (Å²) in [6, 6.07) is 13.1. The molecule has 0 radical (unpaired) electrons. The Hall–Kier alpha value is -2.61. The van der Waals surface area contributed by atoms with Crippen LogP contribution in [0, 0.1) is 0 Å². The molecule has 7 heteroatoms. The minimum Gasteiger partial charge on any atom is -0.493 e. The first-order valence-corrected chi connectivity index (χ1v) is 12.4. The number of Topliss-reactive ketones (excluding diaryl/α,β-unsaturated/α-hetero) is 1. The van der Waals surface area contributed by atoms with Gasteiger partial charge in [-0.25, -0.2) is 0 Å². The smallest absolute Gasteiger partial charge is 0.202 e. The molecule has 2 aromatic rings. The van der Waals surface area contributed by atoms with Gasteiger partial charge in [-0.2, -0.15) is 0 Å². The van der Waals surface area contributed by atoms with Crippen LogP contribution in [0.25, 0.3) is 0 Å². The van der Waals surface area contributed by atoms with Crippen molar-refractivity contribution in [1.82, 2.24) is 5.32 Å². The third-order valence-electron chi connectivity index (χ3n) is 6.82. The minimum atomic E-state index is -1.40. The standard InChI is InChI=1S/C28H37NO6/c1-18(2)33-23-12-11-20(17-24(23)31-5)25(30)28(32-6)26(34-19(3)4)21-9-7-8-10-22(21)35-27(28)13-15-29-16-14-27/h7-12,17-19,26,29H,13-16H2,1-6H3. The second-order valence-corrected chi connectivity index (χ2v) is 9.75. The molecule has 1 saturated heterocycles. The van der Waals surface area contributed by atoms with Gasteiger partial charge in [0.15, 0.2) is 17.1 Å². The highest BCUT2D eigenvalue weighted by atomic mass is 16.6. The second-order valence-electron chi connectivity index (χ2n) is 9.75. The van der Waals surface area contributed by atoms with E-state index in [2.05, 4.69) is 5.32 Å². The summed E-state index contributed by atoms with van der Waals surface area (Å²) < 4.78 is 31.0. The van der Waals surface area contributed by atoms with Crippen LogP contribution in [0.5, 0.6) is 17.2 Å². The molecule has 2 aliphatic heterocycles. The van der Waals surface area contributed by atoms with Gasteiger partial charge in [0.25, 0.3) is 0 Å². The van der Waals surface area contributed by atoms with Crippen LogP contribution in [0.1, 0.15) is 62.6 Å². The Morgan fingerprint density at radius 2 is 1.71 bits per heavy atom. The summed E-state index contributed by atoms with van der Waals surface area (Å²) >= 11 is 0. The van der Waals surface area contributed by atoms with Gasteiger partial charge in [-0.3, -0.25) is 4.79 Å². The number of ether oxygens (including phenoxy) is 5. The number of benzene rings is 2. The van der Waals surface area contributed by atoms with E-state index in [1.54, 1.807) is 32.4 Å². The van der Waals surface area contributed by atoms with E-state index in [4.69, 9.17) is 23.7 Å². The lowest BCUT2D eigenvalue weighted by Crippen LogP contribution is -2.71. The molecule has 2 aromatic carbocycles. The minimum absolute atomic E-state index is 0.0270. The van der Waals surface area contributed by atoms with Gasteiger partial charge in [0.1, 0.15) is 11.9 Å². The summed E-state index contributed by atoms with van der Waals surface area (Å²) in [5, 5.41) is 3.40. The van der Waals surface area contributed by atoms with Crippen molar-refractivity contribution in [1.29, 1.82) is 0 Å². The summed E-state index contributed by atoms with van der Waals surface area (Å²) in [5.74, 6) is 1.62. The Kier molecular flexibility index (Phi) is 7.40. The van der Waals surface area contributed by atoms with Gasteiger partial charge >= 0.3 is 0 Å². The Labute approximate surface area is 208 Å². The van der Waals surface area contributed by atoms with E-state index in [1.807, 2.05) is 52.0 Å². The number of fused-ring (bicyclic) bond motifs is 1. The fourth-order valence-corrected chi connectivity index (χ4v) is 5.37. The van der Waals surface area contributed by atoms with Crippen LogP contribution in [0.3, 0.4) is 0 Å². The van der Waals surface area contributed by atoms with Crippen molar-refractivity contribution in [3.63, 3.8) is 0 Å². The van der Waals surface area contributed by atoms with Gasteiger partial charge in [-0.1, -0.05) is 18.2 Å². The highest BCUT2D eigenvalue weighted by Gasteiger charge is 2.67. The van der Waals surface area contributed by atoms with Gasteiger partial charge in [0, 0.05) is 31.1 Å². The number of hydrogen-bond donors (Lipinski definition) is 1. The molecule has 0 aliphatic carbocycles. The maximum atomic E-state index is 14.6. The number of carbonyl (C=O) groups is 1. The van der Waals surface area contributed by atoms with Crippen molar-refractivity contribution < 1.29 is 28.5 Å². The van der Waals surface area contributed by atoms with Crippen LogP contribution in [-0.2, 0) is 9.47 Å².